The lowest BCUT2D eigenvalue weighted by Crippen LogP contribution is -2.29. The van der Waals surface area contributed by atoms with E-state index in [2.05, 4.69) is 0 Å². The molecule has 1 aliphatic rings. The van der Waals surface area contributed by atoms with Crippen LogP contribution in [0.25, 0.3) is 5.76 Å². The minimum absolute atomic E-state index is 0.0756. The lowest BCUT2D eigenvalue weighted by molar-refractivity contribution is -0.132. The van der Waals surface area contributed by atoms with Crippen LogP contribution in [0.5, 0.6) is 5.75 Å². The van der Waals surface area contributed by atoms with Gasteiger partial charge >= 0.3 is 0 Å². The Bertz CT molecular complexity index is 1260. The molecule has 1 saturated heterocycles. The van der Waals surface area contributed by atoms with Crippen molar-refractivity contribution >= 4 is 23.1 Å². The average molecular weight is 428 g/mol. The highest BCUT2D eigenvalue weighted by atomic mass is 16.5. The number of carbonyl (C=O) groups is 2. The highest BCUT2D eigenvalue weighted by molar-refractivity contribution is 6.51. The van der Waals surface area contributed by atoms with E-state index >= 15 is 0 Å². The Balaban J connectivity index is 1.95. The van der Waals surface area contributed by atoms with Crippen LogP contribution >= 0.6 is 0 Å². The van der Waals surface area contributed by atoms with Gasteiger partial charge < -0.3 is 9.84 Å². The molecule has 1 atom stereocenters. The van der Waals surface area contributed by atoms with Gasteiger partial charge in [0.1, 0.15) is 11.5 Å². The molecule has 5 heteroatoms. The van der Waals surface area contributed by atoms with Gasteiger partial charge in [0.15, 0.2) is 0 Å². The summed E-state index contributed by atoms with van der Waals surface area (Å²) in [6.07, 6.45) is 0. The van der Waals surface area contributed by atoms with E-state index in [1.165, 1.54) is 4.90 Å². The second kappa shape index (κ2) is 8.35. The van der Waals surface area contributed by atoms with Crippen molar-refractivity contribution in [3.63, 3.8) is 0 Å². The minimum atomic E-state index is -0.737. The van der Waals surface area contributed by atoms with Crippen molar-refractivity contribution < 1.29 is 19.4 Å². The van der Waals surface area contributed by atoms with Crippen LogP contribution in [0.15, 0.2) is 72.3 Å². The number of Topliss-reactive ketones (excluding diaryl/α,β-unsaturated/α-hetero) is 1. The zero-order valence-corrected chi connectivity index (χ0v) is 18.5. The number of hydrogen-bond acceptors (Lipinski definition) is 4. The predicted molar refractivity (Wildman–Crippen MR) is 125 cm³/mol. The molecule has 0 aromatic heterocycles. The number of anilines is 1. The largest absolute Gasteiger partial charge is 0.507 e. The maximum absolute atomic E-state index is 13.2. The molecule has 3 aromatic rings. The van der Waals surface area contributed by atoms with Crippen molar-refractivity contribution in [1.82, 2.24) is 0 Å². The Morgan fingerprint density at radius 2 is 1.59 bits per heavy atom. The number of hydrogen-bond donors (Lipinski definition) is 1. The van der Waals surface area contributed by atoms with Gasteiger partial charge in [-0.1, -0.05) is 42.0 Å². The van der Waals surface area contributed by atoms with Gasteiger partial charge in [-0.05, 0) is 67.8 Å². The normalized spacial score (nSPS) is 17.6. The molecule has 1 heterocycles. The van der Waals surface area contributed by atoms with Crippen molar-refractivity contribution in [2.45, 2.75) is 26.8 Å². The average Bonchev–Trinajstić information content (AvgIpc) is 3.04. The molecule has 1 amide bonds. The molecular formula is C27H25NO4. The van der Waals surface area contributed by atoms with Crippen molar-refractivity contribution in [3.8, 4) is 5.75 Å². The molecule has 0 saturated carbocycles. The number of aryl methyl sites for hydroxylation is 3. The molecular weight excluding hydrogens is 402 g/mol. The number of ether oxygens (including phenoxy) is 1. The van der Waals surface area contributed by atoms with Gasteiger partial charge in [0.05, 0.1) is 18.7 Å². The van der Waals surface area contributed by atoms with Crippen LogP contribution in [0.2, 0.25) is 0 Å². The third-order valence-corrected chi connectivity index (χ3v) is 5.75. The number of ketones is 1. The van der Waals surface area contributed by atoms with E-state index in [4.69, 9.17) is 4.74 Å². The molecule has 32 heavy (non-hydrogen) atoms. The summed E-state index contributed by atoms with van der Waals surface area (Å²) < 4.78 is 5.31. The van der Waals surface area contributed by atoms with Crippen molar-refractivity contribution in [1.29, 1.82) is 0 Å². The summed E-state index contributed by atoms with van der Waals surface area (Å²) in [4.78, 5) is 27.9. The van der Waals surface area contributed by atoms with Gasteiger partial charge in [-0.2, -0.15) is 0 Å². The summed E-state index contributed by atoms with van der Waals surface area (Å²) in [6, 6.07) is 19.5. The molecule has 3 aromatic carbocycles. The van der Waals surface area contributed by atoms with E-state index in [0.29, 0.717) is 17.0 Å². The van der Waals surface area contributed by atoms with Gasteiger partial charge in [0.2, 0.25) is 0 Å². The number of aliphatic hydroxyl groups is 1. The smallest absolute Gasteiger partial charge is 0.300 e. The van der Waals surface area contributed by atoms with Crippen LogP contribution in [0, 0.1) is 20.8 Å². The van der Waals surface area contributed by atoms with Gasteiger partial charge in [0, 0.05) is 11.3 Å². The second-order valence-electron chi connectivity index (χ2n) is 8.11. The Morgan fingerprint density at radius 1 is 0.906 bits per heavy atom. The highest BCUT2D eigenvalue weighted by Gasteiger charge is 2.47. The number of rotatable bonds is 4. The summed E-state index contributed by atoms with van der Waals surface area (Å²) in [5.41, 5.74) is 4.70. The van der Waals surface area contributed by atoms with E-state index in [1.807, 2.05) is 63.2 Å². The van der Waals surface area contributed by atoms with Gasteiger partial charge in [0.25, 0.3) is 11.7 Å². The van der Waals surface area contributed by atoms with Crippen LogP contribution in [0.1, 0.15) is 33.9 Å². The first kappa shape index (κ1) is 21.4. The molecule has 1 aliphatic heterocycles. The van der Waals surface area contributed by atoms with Crippen LogP contribution < -0.4 is 9.64 Å². The number of nitrogens with zero attached hydrogens (tertiary/aromatic N) is 1. The fourth-order valence-corrected chi connectivity index (χ4v) is 4.21. The summed E-state index contributed by atoms with van der Waals surface area (Å²) in [5.74, 6) is -0.884. The Kier molecular flexibility index (Phi) is 5.57. The third-order valence-electron chi connectivity index (χ3n) is 5.75. The number of benzene rings is 3. The van der Waals surface area contributed by atoms with Crippen LogP contribution in [0.4, 0.5) is 5.69 Å². The van der Waals surface area contributed by atoms with Crippen LogP contribution in [-0.2, 0) is 9.59 Å². The monoisotopic (exact) mass is 427 g/mol. The van der Waals surface area contributed by atoms with E-state index in [9.17, 15) is 14.7 Å². The maximum atomic E-state index is 13.2. The standard InChI is InChI=1S/C27H25NO4/c1-16-7-5-9-19(13-16)24-23(25(29)20-11-12-22(32-4)18(3)15-20)26(30)27(31)28(24)21-10-6-8-17(2)14-21/h5-15,24,29H,1-4H3/b25-23-. The fourth-order valence-electron chi connectivity index (χ4n) is 4.21. The minimum Gasteiger partial charge on any atom is -0.507 e. The van der Waals surface area contributed by atoms with E-state index in [0.717, 1.165) is 22.3 Å². The number of aliphatic hydroxyl groups excluding tert-OH is 1. The zero-order chi connectivity index (χ0) is 23.0. The fraction of sp³-hybridized carbons (Fsp3) is 0.185. The van der Waals surface area contributed by atoms with E-state index in [-0.39, 0.29) is 11.3 Å². The van der Waals surface area contributed by atoms with Gasteiger partial charge in [-0.3, -0.25) is 14.5 Å². The van der Waals surface area contributed by atoms with Crippen molar-refractivity contribution in [2.24, 2.45) is 0 Å². The number of carbonyl (C=O) groups excluding carboxylic acids is 2. The van der Waals surface area contributed by atoms with E-state index in [1.54, 1.807) is 31.4 Å². The molecule has 162 valence electrons. The molecule has 0 radical (unpaired) electrons. The first-order valence-electron chi connectivity index (χ1n) is 10.4. The quantitative estimate of drug-likeness (QED) is 0.351. The molecule has 1 unspecified atom stereocenters. The predicted octanol–water partition coefficient (Wildman–Crippen LogP) is 5.25. The zero-order valence-electron chi connectivity index (χ0n) is 18.5. The second-order valence-corrected chi connectivity index (χ2v) is 8.11. The molecule has 1 N–H and O–H groups in total. The Labute approximate surface area is 187 Å². The highest BCUT2D eigenvalue weighted by Crippen LogP contribution is 2.42. The molecule has 5 nitrogen and oxygen atoms in total. The van der Waals surface area contributed by atoms with E-state index < -0.39 is 17.7 Å². The van der Waals surface area contributed by atoms with Gasteiger partial charge in [-0.15, -0.1) is 0 Å². The molecule has 0 bridgehead atoms. The lowest BCUT2D eigenvalue weighted by atomic mass is 9.93. The molecule has 1 fully saturated rings. The summed E-state index contributed by atoms with van der Waals surface area (Å²) in [7, 11) is 1.58. The SMILES string of the molecule is COc1ccc(/C(O)=C2/C(=O)C(=O)N(c3cccc(C)c3)C2c2cccc(C)c2)cc1C. The molecule has 0 aliphatic carbocycles. The Hall–Kier alpha value is -3.86. The third kappa shape index (κ3) is 3.66. The van der Waals surface area contributed by atoms with Crippen LogP contribution in [-0.4, -0.2) is 23.9 Å². The van der Waals surface area contributed by atoms with Crippen molar-refractivity contribution in [3.05, 3.63) is 100 Å². The van der Waals surface area contributed by atoms with Crippen molar-refractivity contribution in [2.75, 3.05) is 12.0 Å². The van der Waals surface area contributed by atoms with Gasteiger partial charge in [-0.25, -0.2) is 0 Å². The number of amides is 1. The molecule has 0 spiro atoms. The number of methoxy groups -OCH3 is 1. The summed E-state index contributed by atoms with van der Waals surface area (Å²) in [5, 5.41) is 11.3. The first-order valence-corrected chi connectivity index (χ1v) is 10.4. The summed E-state index contributed by atoms with van der Waals surface area (Å²) >= 11 is 0. The molecule has 4 rings (SSSR count). The topological polar surface area (TPSA) is 66.8 Å². The lowest BCUT2D eigenvalue weighted by Gasteiger charge is -2.26. The summed E-state index contributed by atoms with van der Waals surface area (Å²) in [6.45, 7) is 5.75. The first-order chi connectivity index (χ1) is 15.3. The van der Waals surface area contributed by atoms with Crippen LogP contribution in [0.3, 0.4) is 0 Å². The maximum Gasteiger partial charge on any atom is 0.300 e. The Morgan fingerprint density at radius 3 is 2.22 bits per heavy atom.